The number of nitrogens with one attached hydrogen (secondary N) is 1. The topological polar surface area (TPSA) is 12.0 Å². The van der Waals surface area contributed by atoms with Crippen LogP contribution in [0.1, 0.15) is 62.8 Å². The van der Waals surface area contributed by atoms with Gasteiger partial charge in [0.2, 0.25) is 0 Å². The third-order valence-electron chi connectivity index (χ3n) is 5.60. The van der Waals surface area contributed by atoms with Crippen molar-refractivity contribution < 1.29 is 8.78 Å². The Balaban J connectivity index is 1.40. The molecule has 0 spiro atoms. The number of halogens is 3. The summed E-state index contributed by atoms with van der Waals surface area (Å²) in [6, 6.07) is 5.17. The minimum Gasteiger partial charge on any atom is -0.314 e. The van der Waals surface area contributed by atoms with Crippen molar-refractivity contribution in [3.63, 3.8) is 0 Å². The summed E-state index contributed by atoms with van der Waals surface area (Å²) in [5.74, 6) is 0.955. The van der Waals surface area contributed by atoms with Crippen molar-refractivity contribution in [3.05, 3.63) is 34.6 Å². The van der Waals surface area contributed by atoms with Crippen LogP contribution in [0.15, 0.2) is 18.2 Å². The maximum atomic E-state index is 13.2. The number of rotatable bonds is 5. The van der Waals surface area contributed by atoms with Crippen LogP contribution < -0.4 is 5.32 Å². The first-order valence-corrected chi connectivity index (χ1v) is 9.32. The first kappa shape index (κ1) is 17.2. The van der Waals surface area contributed by atoms with Gasteiger partial charge in [-0.3, -0.25) is 0 Å². The highest BCUT2D eigenvalue weighted by atomic mass is 35.5. The van der Waals surface area contributed by atoms with E-state index in [2.05, 4.69) is 5.32 Å². The molecular formula is C19H26ClF2N. The van der Waals surface area contributed by atoms with Gasteiger partial charge < -0.3 is 5.32 Å². The molecule has 0 amide bonds. The van der Waals surface area contributed by atoms with Crippen LogP contribution in [0.25, 0.3) is 0 Å². The highest BCUT2D eigenvalue weighted by Gasteiger charge is 2.26. The number of hydrogen-bond donors (Lipinski definition) is 1. The maximum Gasteiger partial charge on any atom is 0.124 e. The van der Waals surface area contributed by atoms with E-state index in [1.807, 2.05) is 6.07 Å². The van der Waals surface area contributed by atoms with E-state index in [1.165, 1.54) is 31.4 Å². The van der Waals surface area contributed by atoms with Crippen LogP contribution in [0.2, 0.25) is 5.02 Å². The zero-order valence-corrected chi connectivity index (χ0v) is 14.3. The molecule has 128 valence electrons. The molecule has 0 aromatic heterocycles. The van der Waals surface area contributed by atoms with Crippen LogP contribution in [0.5, 0.6) is 0 Å². The summed E-state index contributed by atoms with van der Waals surface area (Å²) in [6.07, 6.45) is 7.65. The van der Waals surface area contributed by atoms with Crippen molar-refractivity contribution in [2.24, 2.45) is 5.92 Å². The minimum atomic E-state index is -0.594. The fourth-order valence-electron chi connectivity index (χ4n) is 4.20. The fraction of sp³-hybridized carbons (Fsp3) is 0.684. The predicted molar refractivity (Wildman–Crippen MR) is 91.3 cm³/mol. The van der Waals surface area contributed by atoms with Gasteiger partial charge in [-0.1, -0.05) is 17.7 Å². The van der Waals surface area contributed by atoms with Crippen LogP contribution in [-0.4, -0.2) is 18.8 Å². The third-order valence-corrected chi connectivity index (χ3v) is 5.93. The normalized spacial score (nSPS) is 31.4. The lowest BCUT2D eigenvalue weighted by atomic mass is 9.77. The molecule has 0 aliphatic heterocycles. The summed E-state index contributed by atoms with van der Waals surface area (Å²) < 4.78 is 26.3. The van der Waals surface area contributed by atoms with Crippen molar-refractivity contribution in [3.8, 4) is 0 Å². The van der Waals surface area contributed by atoms with Crippen LogP contribution in [0.3, 0.4) is 0 Å². The van der Waals surface area contributed by atoms with Gasteiger partial charge in [0.05, 0.1) is 0 Å². The van der Waals surface area contributed by atoms with Gasteiger partial charge in [-0.05, 0) is 87.4 Å². The molecule has 4 heteroatoms. The quantitative estimate of drug-likeness (QED) is 0.732. The van der Waals surface area contributed by atoms with E-state index in [-0.39, 0.29) is 5.82 Å². The molecule has 2 fully saturated rings. The van der Waals surface area contributed by atoms with Gasteiger partial charge in [-0.2, -0.15) is 0 Å². The van der Waals surface area contributed by atoms with Crippen molar-refractivity contribution in [1.29, 1.82) is 0 Å². The Kier molecular flexibility index (Phi) is 5.92. The lowest BCUT2D eigenvalue weighted by molar-refractivity contribution is 0.298. The molecule has 0 heterocycles. The summed E-state index contributed by atoms with van der Waals surface area (Å²) in [5.41, 5.74) is 1.10. The predicted octanol–water partition coefficient (Wildman–Crippen LogP) is 5.62. The van der Waals surface area contributed by atoms with Crippen LogP contribution in [0.4, 0.5) is 8.78 Å². The summed E-state index contributed by atoms with van der Waals surface area (Å²) in [4.78, 5) is 0. The third kappa shape index (κ3) is 4.67. The Morgan fingerprint density at radius 3 is 2.52 bits per heavy atom. The first-order chi connectivity index (χ1) is 11.1. The molecular weight excluding hydrogens is 316 g/mol. The van der Waals surface area contributed by atoms with E-state index in [4.69, 9.17) is 11.6 Å². The minimum absolute atomic E-state index is 0.263. The Morgan fingerprint density at radius 2 is 1.87 bits per heavy atom. The van der Waals surface area contributed by atoms with Crippen molar-refractivity contribution in [1.82, 2.24) is 5.32 Å². The summed E-state index contributed by atoms with van der Waals surface area (Å²) in [6.45, 7) is 1.00. The van der Waals surface area contributed by atoms with Crippen LogP contribution >= 0.6 is 11.6 Å². The average Bonchev–Trinajstić information content (AvgIpc) is 2.94. The molecule has 2 atom stereocenters. The number of hydrogen-bond acceptors (Lipinski definition) is 1. The SMILES string of the molecule is Fc1ccc(C2CCC(CCN[C@H]3CC[C@@H](F)C3)CC2)c(Cl)c1. The Bertz CT molecular complexity index is 514. The summed E-state index contributed by atoms with van der Waals surface area (Å²) in [7, 11) is 0. The molecule has 2 aliphatic carbocycles. The monoisotopic (exact) mass is 341 g/mol. The van der Waals surface area contributed by atoms with Gasteiger partial charge in [0, 0.05) is 11.1 Å². The van der Waals surface area contributed by atoms with Crippen molar-refractivity contribution in [2.45, 2.75) is 69.5 Å². The van der Waals surface area contributed by atoms with Gasteiger partial charge in [0.25, 0.3) is 0 Å². The smallest absolute Gasteiger partial charge is 0.124 e. The molecule has 0 unspecified atom stereocenters. The zero-order chi connectivity index (χ0) is 16.2. The second-order valence-electron chi connectivity index (χ2n) is 7.23. The average molecular weight is 342 g/mol. The number of alkyl halides is 1. The Morgan fingerprint density at radius 1 is 1.09 bits per heavy atom. The molecule has 2 saturated carbocycles. The molecule has 1 aromatic carbocycles. The van der Waals surface area contributed by atoms with Crippen molar-refractivity contribution >= 4 is 11.6 Å². The first-order valence-electron chi connectivity index (χ1n) is 8.94. The lowest BCUT2D eigenvalue weighted by Gasteiger charge is -2.29. The molecule has 0 radical (unpaired) electrons. The van der Waals surface area contributed by atoms with Crippen LogP contribution in [-0.2, 0) is 0 Å². The van der Waals surface area contributed by atoms with Crippen LogP contribution in [0, 0.1) is 11.7 Å². The van der Waals surface area contributed by atoms with E-state index in [9.17, 15) is 8.78 Å². The van der Waals surface area contributed by atoms with E-state index < -0.39 is 6.17 Å². The summed E-state index contributed by atoms with van der Waals surface area (Å²) in [5, 5.41) is 4.08. The lowest BCUT2D eigenvalue weighted by Crippen LogP contribution is -2.29. The van der Waals surface area contributed by atoms with Gasteiger partial charge in [-0.25, -0.2) is 8.78 Å². The van der Waals surface area contributed by atoms with E-state index in [0.29, 0.717) is 23.4 Å². The Hall–Kier alpha value is -0.670. The standard InChI is InChI=1S/C19H26ClF2N/c20-19-12-16(22)6-8-18(19)14-3-1-13(2-4-14)9-10-23-17-7-5-15(21)11-17/h6,8,12-15,17,23H,1-5,7,9-11H2/t13?,14?,15-,17+/m1/s1. The summed E-state index contributed by atoms with van der Waals surface area (Å²) >= 11 is 6.19. The molecule has 1 aromatic rings. The molecule has 1 nitrogen and oxygen atoms in total. The van der Waals surface area contributed by atoms with E-state index in [0.717, 1.165) is 43.7 Å². The second-order valence-corrected chi connectivity index (χ2v) is 7.64. The van der Waals surface area contributed by atoms with Crippen molar-refractivity contribution in [2.75, 3.05) is 6.54 Å². The molecule has 3 rings (SSSR count). The molecule has 1 N–H and O–H groups in total. The van der Waals surface area contributed by atoms with E-state index in [1.54, 1.807) is 0 Å². The fourth-order valence-corrected chi connectivity index (χ4v) is 4.52. The Labute approximate surface area is 142 Å². The second kappa shape index (κ2) is 7.94. The van der Waals surface area contributed by atoms with Gasteiger partial charge in [0.15, 0.2) is 0 Å². The molecule has 0 bridgehead atoms. The maximum absolute atomic E-state index is 13.2. The molecule has 2 aliphatic rings. The molecule has 23 heavy (non-hydrogen) atoms. The highest BCUT2D eigenvalue weighted by Crippen LogP contribution is 2.39. The van der Waals surface area contributed by atoms with E-state index >= 15 is 0 Å². The van der Waals surface area contributed by atoms with Gasteiger partial charge in [-0.15, -0.1) is 0 Å². The highest BCUT2D eigenvalue weighted by molar-refractivity contribution is 6.31. The molecule has 0 saturated heterocycles. The zero-order valence-electron chi connectivity index (χ0n) is 13.5. The number of benzene rings is 1. The van der Waals surface area contributed by atoms with Gasteiger partial charge in [0.1, 0.15) is 12.0 Å². The van der Waals surface area contributed by atoms with Gasteiger partial charge >= 0.3 is 0 Å². The largest absolute Gasteiger partial charge is 0.314 e.